The van der Waals surface area contributed by atoms with Gasteiger partial charge in [0.15, 0.2) is 11.4 Å². The second-order valence-corrected chi connectivity index (χ2v) is 7.79. The Morgan fingerprint density at radius 1 is 1.27 bits per heavy atom. The number of hydrogen-bond acceptors (Lipinski definition) is 4. The molecule has 2 bridgehead atoms. The summed E-state index contributed by atoms with van der Waals surface area (Å²) >= 11 is 0. The highest BCUT2D eigenvalue weighted by Crippen LogP contribution is 2.34. The molecule has 2 aliphatic heterocycles. The molecule has 0 spiro atoms. The number of pyridine rings is 1. The van der Waals surface area contributed by atoms with E-state index in [9.17, 15) is 28.3 Å². The number of halogens is 2. The van der Waals surface area contributed by atoms with Crippen molar-refractivity contribution in [2.24, 2.45) is 0 Å². The van der Waals surface area contributed by atoms with E-state index in [1.165, 1.54) is 16.8 Å². The quantitative estimate of drug-likeness (QED) is 0.802. The van der Waals surface area contributed by atoms with Crippen molar-refractivity contribution in [2.75, 3.05) is 6.54 Å². The molecule has 9 heteroatoms. The molecule has 0 unspecified atom stereocenters. The predicted molar refractivity (Wildman–Crippen MR) is 103 cm³/mol. The van der Waals surface area contributed by atoms with Crippen molar-refractivity contribution in [1.29, 1.82) is 0 Å². The van der Waals surface area contributed by atoms with Crippen LogP contribution < -0.4 is 10.7 Å². The van der Waals surface area contributed by atoms with Gasteiger partial charge >= 0.3 is 0 Å². The van der Waals surface area contributed by atoms with Crippen molar-refractivity contribution in [1.82, 2.24) is 14.8 Å². The normalized spacial score (nSPS) is 20.5. The number of hydrogen-bond donors (Lipinski definition) is 2. The maximum absolute atomic E-state index is 13.8. The molecule has 2 amide bonds. The van der Waals surface area contributed by atoms with E-state index in [-0.39, 0.29) is 35.4 Å². The van der Waals surface area contributed by atoms with Gasteiger partial charge in [-0.15, -0.1) is 0 Å². The second-order valence-electron chi connectivity index (χ2n) is 7.79. The number of aromatic nitrogens is 1. The molecule has 2 N–H and O–H groups in total. The summed E-state index contributed by atoms with van der Waals surface area (Å²) in [6.45, 7) is 2.11. The van der Waals surface area contributed by atoms with Crippen LogP contribution in [0, 0.1) is 11.6 Å². The average molecular weight is 417 g/mol. The summed E-state index contributed by atoms with van der Waals surface area (Å²) < 4.78 is 28.3. The van der Waals surface area contributed by atoms with Crippen LogP contribution in [0.1, 0.15) is 58.6 Å². The first-order chi connectivity index (χ1) is 14.3. The van der Waals surface area contributed by atoms with E-state index in [1.807, 2.05) is 6.92 Å². The number of fused-ring (bicyclic) bond motifs is 4. The maximum Gasteiger partial charge on any atom is 0.274 e. The van der Waals surface area contributed by atoms with E-state index in [0.29, 0.717) is 12.6 Å². The zero-order valence-electron chi connectivity index (χ0n) is 16.3. The minimum absolute atomic E-state index is 0.000618. The molecular formula is C21H21F2N3O4. The van der Waals surface area contributed by atoms with Crippen molar-refractivity contribution in [2.45, 2.75) is 44.8 Å². The monoisotopic (exact) mass is 417 g/mol. The van der Waals surface area contributed by atoms with Gasteiger partial charge in [-0.1, -0.05) is 6.07 Å². The highest BCUT2D eigenvalue weighted by molar-refractivity contribution is 5.99. The molecule has 1 aromatic carbocycles. The lowest BCUT2D eigenvalue weighted by atomic mass is 10.1. The Balaban J connectivity index is 1.66. The molecule has 0 aliphatic carbocycles. The standard InChI is InChI=1S/C21H21F2N3O4/c1-11-3-2-4-14-9-25(11)21(30)17-19(28)18(27)15(10-26(14)17)20(29)24-8-12-5-6-13(22)7-16(12)23/h5-7,10-11,14,28H,2-4,8-9H2,1H3,(H,24,29)/t11-,14-/m0/s1. The SMILES string of the molecule is C[C@H]1CCC[C@H]2CN1C(=O)c1c(O)c(=O)c(C(=O)NCc3ccc(F)cc3F)cn12. The molecule has 1 fully saturated rings. The minimum Gasteiger partial charge on any atom is -0.503 e. The van der Waals surface area contributed by atoms with Gasteiger partial charge in [0, 0.05) is 37.0 Å². The molecule has 1 aromatic heterocycles. The van der Waals surface area contributed by atoms with Crippen LogP contribution in [-0.4, -0.2) is 39.0 Å². The number of benzene rings is 1. The van der Waals surface area contributed by atoms with Gasteiger partial charge in [-0.05, 0) is 32.3 Å². The Labute approximate surface area is 170 Å². The Hall–Kier alpha value is -3.23. The van der Waals surface area contributed by atoms with E-state index in [1.54, 1.807) is 4.90 Å². The fourth-order valence-corrected chi connectivity index (χ4v) is 4.17. The highest BCUT2D eigenvalue weighted by Gasteiger charge is 2.38. The Kier molecular flexibility index (Phi) is 5.05. The molecule has 3 heterocycles. The van der Waals surface area contributed by atoms with E-state index >= 15 is 0 Å². The van der Waals surface area contributed by atoms with Crippen molar-refractivity contribution >= 4 is 11.8 Å². The molecule has 7 nitrogen and oxygen atoms in total. The number of nitrogens with zero attached hydrogens (tertiary/aromatic N) is 2. The van der Waals surface area contributed by atoms with E-state index in [2.05, 4.69) is 5.32 Å². The molecule has 0 saturated carbocycles. The van der Waals surface area contributed by atoms with Gasteiger partial charge in [-0.3, -0.25) is 14.4 Å². The second kappa shape index (κ2) is 7.55. The van der Waals surface area contributed by atoms with Crippen molar-refractivity contribution < 1.29 is 23.5 Å². The van der Waals surface area contributed by atoms with Crippen LogP contribution >= 0.6 is 0 Å². The van der Waals surface area contributed by atoms with Gasteiger partial charge in [0.2, 0.25) is 5.43 Å². The van der Waals surface area contributed by atoms with Gasteiger partial charge < -0.3 is 19.9 Å². The third-order valence-electron chi connectivity index (χ3n) is 5.87. The number of nitrogens with one attached hydrogen (secondary N) is 1. The molecular weight excluding hydrogens is 396 g/mol. The largest absolute Gasteiger partial charge is 0.503 e. The van der Waals surface area contributed by atoms with Crippen LogP contribution in [-0.2, 0) is 6.54 Å². The summed E-state index contributed by atoms with van der Waals surface area (Å²) in [5.74, 6) is -3.57. The summed E-state index contributed by atoms with van der Waals surface area (Å²) in [6.07, 6.45) is 3.72. The lowest BCUT2D eigenvalue weighted by Crippen LogP contribution is -2.47. The smallest absolute Gasteiger partial charge is 0.274 e. The number of amides is 2. The van der Waals surface area contributed by atoms with Crippen molar-refractivity contribution in [3.8, 4) is 5.75 Å². The molecule has 4 rings (SSSR count). The van der Waals surface area contributed by atoms with Crippen LogP contribution in [0.2, 0.25) is 0 Å². The summed E-state index contributed by atoms with van der Waals surface area (Å²) in [5.41, 5.74) is -1.35. The van der Waals surface area contributed by atoms with Crippen molar-refractivity contribution in [3.05, 3.63) is 63.1 Å². The lowest BCUT2D eigenvalue weighted by molar-refractivity contribution is 0.0604. The highest BCUT2D eigenvalue weighted by atomic mass is 19.1. The van der Waals surface area contributed by atoms with E-state index in [0.717, 1.165) is 25.3 Å². The van der Waals surface area contributed by atoms with E-state index < -0.39 is 34.6 Å². The fourth-order valence-electron chi connectivity index (χ4n) is 4.17. The summed E-state index contributed by atoms with van der Waals surface area (Å²) in [5, 5.41) is 12.9. The molecule has 158 valence electrons. The number of rotatable bonds is 3. The summed E-state index contributed by atoms with van der Waals surface area (Å²) in [6, 6.07) is 2.80. The van der Waals surface area contributed by atoms with Crippen LogP contribution in [0.3, 0.4) is 0 Å². The van der Waals surface area contributed by atoms with Gasteiger partial charge in [-0.25, -0.2) is 8.78 Å². The predicted octanol–water partition coefficient (Wildman–Crippen LogP) is 2.33. The molecule has 2 atom stereocenters. The number of carbonyl (C=O) groups is 2. The Morgan fingerprint density at radius 2 is 2.03 bits per heavy atom. The zero-order valence-corrected chi connectivity index (χ0v) is 16.3. The molecule has 1 saturated heterocycles. The van der Waals surface area contributed by atoms with Crippen LogP contribution in [0.25, 0.3) is 0 Å². The topological polar surface area (TPSA) is 91.6 Å². The first kappa shape index (κ1) is 20.1. The first-order valence-electron chi connectivity index (χ1n) is 9.79. The van der Waals surface area contributed by atoms with Crippen molar-refractivity contribution in [3.63, 3.8) is 0 Å². The van der Waals surface area contributed by atoms with Crippen LogP contribution in [0.4, 0.5) is 8.78 Å². The minimum atomic E-state index is -0.959. The fraction of sp³-hybridized carbons (Fsp3) is 0.381. The molecule has 2 aromatic rings. The van der Waals surface area contributed by atoms with Gasteiger partial charge in [-0.2, -0.15) is 0 Å². The number of carbonyl (C=O) groups excluding carboxylic acids is 2. The Morgan fingerprint density at radius 3 is 2.77 bits per heavy atom. The first-order valence-corrected chi connectivity index (χ1v) is 9.79. The molecule has 0 radical (unpaired) electrons. The molecule has 2 aliphatic rings. The van der Waals surface area contributed by atoms with Gasteiger partial charge in [0.05, 0.1) is 6.04 Å². The maximum atomic E-state index is 13.8. The summed E-state index contributed by atoms with van der Waals surface area (Å²) in [7, 11) is 0. The number of aromatic hydroxyl groups is 1. The zero-order chi connectivity index (χ0) is 21.6. The third kappa shape index (κ3) is 3.34. The van der Waals surface area contributed by atoms with Gasteiger partial charge in [0.1, 0.15) is 17.2 Å². The summed E-state index contributed by atoms with van der Waals surface area (Å²) in [4.78, 5) is 39.7. The third-order valence-corrected chi connectivity index (χ3v) is 5.87. The average Bonchev–Trinajstić information content (AvgIpc) is 2.87. The lowest BCUT2D eigenvalue weighted by Gasteiger charge is -2.37. The van der Waals surface area contributed by atoms with Gasteiger partial charge in [0.25, 0.3) is 11.8 Å². The molecule has 30 heavy (non-hydrogen) atoms. The van der Waals surface area contributed by atoms with Crippen LogP contribution in [0.15, 0.2) is 29.2 Å². The van der Waals surface area contributed by atoms with E-state index in [4.69, 9.17) is 0 Å². The van der Waals surface area contributed by atoms with Crippen LogP contribution in [0.5, 0.6) is 5.75 Å². The Bertz CT molecular complexity index is 1100.